The number of nitrogens with zero attached hydrogens (tertiary/aromatic N) is 3. The number of amides is 1. The van der Waals surface area contributed by atoms with E-state index >= 15 is 0 Å². The van der Waals surface area contributed by atoms with Crippen LogP contribution in [0.2, 0.25) is 5.02 Å². The molecule has 1 amide bonds. The second kappa shape index (κ2) is 8.00. The molecule has 0 fully saturated rings. The third-order valence-corrected chi connectivity index (χ3v) is 6.15. The van der Waals surface area contributed by atoms with Crippen molar-refractivity contribution in [2.24, 2.45) is 0 Å². The second-order valence-corrected chi connectivity index (χ2v) is 8.18. The van der Waals surface area contributed by atoms with Gasteiger partial charge in [-0.05, 0) is 41.6 Å². The van der Waals surface area contributed by atoms with Crippen LogP contribution < -0.4 is 0 Å². The molecule has 1 aromatic carbocycles. The Hall–Kier alpha value is -2.64. The number of carbonyl (C=O) groups is 2. The van der Waals surface area contributed by atoms with Crippen LogP contribution >= 0.6 is 22.9 Å². The lowest BCUT2D eigenvalue weighted by Crippen LogP contribution is -2.48. The number of esters is 1. The van der Waals surface area contributed by atoms with Crippen LogP contribution in [0.25, 0.3) is 10.6 Å². The number of methoxy groups -OCH3 is 1. The number of benzene rings is 1. The summed E-state index contributed by atoms with van der Waals surface area (Å²) in [5, 5.41) is 7.18. The molecule has 8 heteroatoms. The Morgan fingerprint density at radius 3 is 2.66 bits per heavy atom. The first kappa shape index (κ1) is 19.7. The van der Waals surface area contributed by atoms with Gasteiger partial charge in [0.15, 0.2) is 6.04 Å². The van der Waals surface area contributed by atoms with Crippen molar-refractivity contribution >= 4 is 34.8 Å². The lowest BCUT2D eigenvalue weighted by atomic mass is 9.94. The molecule has 0 unspecified atom stereocenters. The van der Waals surface area contributed by atoms with Gasteiger partial charge in [0.25, 0.3) is 5.91 Å². The average Bonchev–Trinajstić information content (AvgIpc) is 3.40. The highest BCUT2D eigenvalue weighted by Gasteiger charge is 2.45. The van der Waals surface area contributed by atoms with Crippen LogP contribution in [-0.2, 0) is 9.53 Å². The molecule has 2 atom stereocenters. The predicted octanol–water partition coefficient (Wildman–Crippen LogP) is 4.59. The van der Waals surface area contributed by atoms with Crippen molar-refractivity contribution in [1.82, 2.24) is 14.7 Å². The summed E-state index contributed by atoms with van der Waals surface area (Å²) in [7, 11) is 1.35. The molecule has 0 bridgehead atoms. The first-order chi connectivity index (χ1) is 14.0. The van der Waals surface area contributed by atoms with E-state index in [2.05, 4.69) is 5.10 Å². The average molecular weight is 430 g/mol. The van der Waals surface area contributed by atoms with Crippen molar-refractivity contribution in [2.45, 2.75) is 25.4 Å². The lowest BCUT2D eigenvalue weighted by Gasteiger charge is -2.40. The highest BCUT2D eigenvalue weighted by molar-refractivity contribution is 7.13. The Bertz CT molecular complexity index is 1030. The van der Waals surface area contributed by atoms with E-state index in [4.69, 9.17) is 16.3 Å². The minimum atomic E-state index is -0.783. The Balaban J connectivity index is 1.90. The van der Waals surface area contributed by atoms with Crippen LogP contribution in [0.1, 0.15) is 41.5 Å². The Morgan fingerprint density at radius 2 is 2.03 bits per heavy atom. The van der Waals surface area contributed by atoms with Gasteiger partial charge in [0.1, 0.15) is 11.4 Å². The van der Waals surface area contributed by atoms with E-state index < -0.39 is 18.1 Å². The van der Waals surface area contributed by atoms with Crippen molar-refractivity contribution in [1.29, 1.82) is 0 Å². The van der Waals surface area contributed by atoms with Gasteiger partial charge in [-0.3, -0.25) is 4.79 Å². The predicted molar refractivity (Wildman–Crippen MR) is 112 cm³/mol. The molecule has 3 aromatic rings. The largest absolute Gasteiger partial charge is 0.467 e. The SMILES string of the molecule is CCCN1C(=O)c2cc(-c3cccs3)nn2[C@H](C(=O)OC)[C@H]1c1ccc(Cl)cc1. The highest BCUT2D eigenvalue weighted by Crippen LogP contribution is 2.40. The number of fused-ring (bicyclic) bond motifs is 1. The van der Waals surface area contributed by atoms with Crippen molar-refractivity contribution in [3.63, 3.8) is 0 Å². The van der Waals surface area contributed by atoms with Crippen molar-refractivity contribution in [3.8, 4) is 10.6 Å². The van der Waals surface area contributed by atoms with E-state index in [1.165, 1.54) is 23.1 Å². The molecule has 4 rings (SSSR count). The second-order valence-electron chi connectivity index (χ2n) is 6.80. The minimum absolute atomic E-state index is 0.151. The fraction of sp³-hybridized carbons (Fsp3) is 0.286. The Morgan fingerprint density at radius 1 is 1.28 bits per heavy atom. The van der Waals surface area contributed by atoms with Crippen molar-refractivity contribution in [3.05, 3.63) is 64.1 Å². The third-order valence-electron chi connectivity index (χ3n) is 5.01. The molecule has 0 radical (unpaired) electrons. The molecule has 3 heterocycles. The topological polar surface area (TPSA) is 64.4 Å². The Kier molecular flexibility index (Phi) is 5.43. The van der Waals surface area contributed by atoms with Gasteiger partial charge in [0.2, 0.25) is 0 Å². The van der Waals surface area contributed by atoms with E-state index in [1.54, 1.807) is 23.1 Å². The molecular formula is C21H20ClN3O3S. The summed E-state index contributed by atoms with van der Waals surface area (Å²) in [4.78, 5) is 28.9. The van der Waals surface area contributed by atoms with Gasteiger partial charge in [0.05, 0.1) is 18.0 Å². The number of carbonyl (C=O) groups excluding carboxylic acids is 2. The molecule has 150 valence electrons. The molecule has 29 heavy (non-hydrogen) atoms. The summed E-state index contributed by atoms with van der Waals surface area (Å²) in [6.45, 7) is 2.52. The van der Waals surface area contributed by atoms with Crippen LogP contribution in [0.5, 0.6) is 0 Å². The fourth-order valence-electron chi connectivity index (χ4n) is 3.74. The molecular weight excluding hydrogens is 410 g/mol. The summed E-state index contributed by atoms with van der Waals surface area (Å²) >= 11 is 7.59. The number of aromatic nitrogens is 2. The molecule has 0 aliphatic carbocycles. The molecule has 1 aliphatic rings. The zero-order valence-electron chi connectivity index (χ0n) is 16.0. The maximum absolute atomic E-state index is 13.4. The number of hydrogen-bond donors (Lipinski definition) is 0. The summed E-state index contributed by atoms with van der Waals surface area (Å²) < 4.78 is 6.64. The van der Waals surface area contributed by atoms with Crippen LogP contribution in [0.4, 0.5) is 0 Å². The molecule has 6 nitrogen and oxygen atoms in total. The molecule has 0 N–H and O–H groups in total. The van der Waals surface area contributed by atoms with E-state index in [-0.39, 0.29) is 5.91 Å². The van der Waals surface area contributed by atoms with Gasteiger partial charge >= 0.3 is 5.97 Å². The molecule has 0 spiro atoms. The van der Waals surface area contributed by atoms with Gasteiger partial charge < -0.3 is 9.64 Å². The van der Waals surface area contributed by atoms with E-state index in [0.717, 1.165) is 16.9 Å². The summed E-state index contributed by atoms with van der Waals surface area (Å²) in [5.41, 5.74) is 1.87. The summed E-state index contributed by atoms with van der Waals surface area (Å²) in [5.74, 6) is -0.595. The van der Waals surface area contributed by atoms with E-state index in [0.29, 0.717) is 23.0 Å². The van der Waals surface area contributed by atoms with Crippen LogP contribution in [0, 0.1) is 0 Å². The van der Waals surface area contributed by atoms with Crippen molar-refractivity contribution < 1.29 is 14.3 Å². The smallest absolute Gasteiger partial charge is 0.333 e. The molecule has 0 saturated carbocycles. The molecule has 0 saturated heterocycles. The maximum Gasteiger partial charge on any atom is 0.333 e. The first-order valence-electron chi connectivity index (χ1n) is 9.32. The van der Waals surface area contributed by atoms with Gasteiger partial charge in [-0.25, -0.2) is 9.48 Å². The van der Waals surface area contributed by atoms with E-state index in [1.807, 2.05) is 36.6 Å². The first-order valence-corrected chi connectivity index (χ1v) is 10.6. The summed E-state index contributed by atoms with van der Waals surface area (Å²) in [6, 6.07) is 11.5. The van der Waals surface area contributed by atoms with Gasteiger partial charge in [0, 0.05) is 11.6 Å². The highest BCUT2D eigenvalue weighted by atomic mass is 35.5. The zero-order valence-corrected chi connectivity index (χ0v) is 17.6. The number of hydrogen-bond acceptors (Lipinski definition) is 5. The maximum atomic E-state index is 13.4. The van der Waals surface area contributed by atoms with Gasteiger partial charge in [-0.15, -0.1) is 11.3 Å². The van der Waals surface area contributed by atoms with Gasteiger partial charge in [-0.2, -0.15) is 5.10 Å². The molecule has 2 aromatic heterocycles. The normalized spacial score (nSPS) is 18.6. The van der Waals surface area contributed by atoms with Crippen LogP contribution in [-0.4, -0.2) is 40.2 Å². The fourth-order valence-corrected chi connectivity index (χ4v) is 4.55. The zero-order chi connectivity index (χ0) is 20.5. The number of halogens is 1. The number of ether oxygens (including phenoxy) is 1. The monoisotopic (exact) mass is 429 g/mol. The number of rotatable bonds is 5. The number of thiophene rings is 1. The minimum Gasteiger partial charge on any atom is -0.467 e. The summed E-state index contributed by atoms with van der Waals surface area (Å²) in [6.07, 6.45) is 0.760. The van der Waals surface area contributed by atoms with Crippen molar-refractivity contribution in [2.75, 3.05) is 13.7 Å². The van der Waals surface area contributed by atoms with Gasteiger partial charge in [-0.1, -0.05) is 36.7 Å². The van der Waals surface area contributed by atoms with E-state index in [9.17, 15) is 9.59 Å². The lowest BCUT2D eigenvalue weighted by molar-refractivity contribution is -0.147. The van der Waals surface area contributed by atoms with Crippen LogP contribution in [0.3, 0.4) is 0 Å². The standard InChI is InChI=1S/C21H20ClN3O3S/c1-3-10-24-18(13-6-8-14(22)9-7-13)19(21(27)28-2)25-16(20(24)26)12-15(23-25)17-5-4-11-29-17/h4-9,11-12,18-19H,3,10H2,1-2H3/t18-,19+/m1/s1. The quantitative estimate of drug-likeness (QED) is 0.556. The third kappa shape index (κ3) is 3.45. The van der Waals surface area contributed by atoms with Crippen LogP contribution in [0.15, 0.2) is 47.8 Å². The Labute approximate surface area is 177 Å². The molecule has 1 aliphatic heterocycles.